The lowest BCUT2D eigenvalue weighted by Crippen LogP contribution is -2.48. The largest absolute Gasteiger partial charge is 0.497 e. The second-order valence-corrected chi connectivity index (χ2v) is 8.29. The molecule has 3 aliphatic rings. The van der Waals surface area contributed by atoms with E-state index in [1.165, 1.54) is 24.0 Å². The van der Waals surface area contributed by atoms with Crippen LogP contribution in [0, 0.1) is 17.3 Å². The Labute approximate surface area is 157 Å². The maximum absolute atomic E-state index is 10.1. The topological polar surface area (TPSA) is 50.7 Å². The van der Waals surface area contributed by atoms with Gasteiger partial charge in [0.15, 0.2) is 0 Å². The predicted molar refractivity (Wildman–Crippen MR) is 104 cm³/mol. The Bertz CT molecular complexity index is 608. The minimum atomic E-state index is -0.461. The van der Waals surface area contributed by atoms with Crippen LogP contribution in [0.15, 0.2) is 35.9 Å². The van der Waals surface area contributed by atoms with Gasteiger partial charge in [-0.25, -0.2) is 0 Å². The van der Waals surface area contributed by atoms with Gasteiger partial charge in [-0.1, -0.05) is 32.1 Å². The second-order valence-electron chi connectivity index (χ2n) is 8.29. The van der Waals surface area contributed by atoms with Crippen LogP contribution in [0.25, 0.3) is 0 Å². The third-order valence-corrected chi connectivity index (χ3v) is 6.29. The first-order valence-electron chi connectivity index (χ1n) is 9.79. The van der Waals surface area contributed by atoms with Gasteiger partial charge >= 0.3 is 0 Å². The lowest BCUT2D eigenvalue weighted by atomic mass is 9.49. The number of ether oxygens (including phenoxy) is 2. The number of nitrogens with one attached hydrogen (secondary N) is 1. The number of benzene rings is 1. The summed E-state index contributed by atoms with van der Waals surface area (Å²) in [6, 6.07) is 8.10. The van der Waals surface area contributed by atoms with E-state index in [0.29, 0.717) is 31.1 Å². The molecule has 0 amide bonds. The molecular weight excluding hydrogens is 326 g/mol. The van der Waals surface area contributed by atoms with Crippen molar-refractivity contribution in [2.45, 2.75) is 39.2 Å². The molecule has 2 N–H and O–H groups in total. The number of rotatable bonds is 10. The molecule has 0 radical (unpaired) electrons. The molecule has 3 atom stereocenters. The molecule has 4 rings (SSSR count). The molecule has 0 saturated heterocycles. The highest BCUT2D eigenvalue weighted by atomic mass is 16.5. The van der Waals surface area contributed by atoms with Crippen molar-refractivity contribution >= 4 is 0 Å². The third kappa shape index (κ3) is 4.48. The third-order valence-electron chi connectivity index (χ3n) is 6.29. The van der Waals surface area contributed by atoms with E-state index in [-0.39, 0.29) is 0 Å². The van der Waals surface area contributed by atoms with Crippen LogP contribution in [0.4, 0.5) is 0 Å². The van der Waals surface area contributed by atoms with E-state index in [9.17, 15) is 5.11 Å². The van der Waals surface area contributed by atoms with Crippen molar-refractivity contribution < 1.29 is 14.6 Å². The van der Waals surface area contributed by atoms with Gasteiger partial charge in [-0.05, 0) is 66.3 Å². The van der Waals surface area contributed by atoms with Gasteiger partial charge in [-0.15, -0.1) is 0 Å². The maximum atomic E-state index is 10.1. The summed E-state index contributed by atoms with van der Waals surface area (Å²) in [5, 5.41) is 13.4. The van der Waals surface area contributed by atoms with Crippen molar-refractivity contribution in [2.24, 2.45) is 17.3 Å². The fourth-order valence-electron chi connectivity index (χ4n) is 4.31. The molecule has 1 aromatic carbocycles. The molecule has 2 bridgehead atoms. The number of aliphatic hydroxyl groups is 1. The first-order valence-corrected chi connectivity index (χ1v) is 9.79. The lowest BCUT2D eigenvalue weighted by Gasteiger charge is -2.56. The Morgan fingerprint density at radius 2 is 2.04 bits per heavy atom. The van der Waals surface area contributed by atoms with Gasteiger partial charge in [0, 0.05) is 6.54 Å². The van der Waals surface area contributed by atoms with Crippen molar-refractivity contribution in [3.05, 3.63) is 41.5 Å². The average molecular weight is 360 g/mol. The fraction of sp³-hybridized carbons (Fsp3) is 0.636. The Hall–Kier alpha value is -1.36. The molecule has 0 unspecified atom stereocenters. The Kier molecular flexibility index (Phi) is 6.38. The van der Waals surface area contributed by atoms with Crippen molar-refractivity contribution in [2.75, 3.05) is 33.4 Å². The standard InChI is InChI=1S/C22H33NO3/c1-22(2)18-7-6-17(21(22)12-18)14-26-15-19(24)13-23-11-10-16-4-8-20(25-3)9-5-16/h4-6,8-9,18-19,21,23-24H,7,10-15H2,1-3H3/t18-,19-,21-/m0/s1. The number of fused-ring (bicyclic) bond motifs is 1. The highest BCUT2D eigenvalue weighted by molar-refractivity contribution is 5.27. The predicted octanol–water partition coefficient (Wildman–Crippen LogP) is 3.20. The molecule has 0 spiro atoms. The van der Waals surface area contributed by atoms with Gasteiger partial charge < -0.3 is 19.9 Å². The summed E-state index contributed by atoms with van der Waals surface area (Å²) >= 11 is 0. The van der Waals surface area contributed by atoms with Crippen LogP contribution in [-0.4, -0.2) is 44.6 Å². The molecule has 4 heteroatoms. The highest BCUT2D eigenvalue weighted by Crippen LogP contribution is 2.59. The zero-order valence-corrected chi connectivity index (χ0v) is 16.3. The van der Waals surface area contributed by atoms with E-state index >= 15 is 0 Å². The first kappa shape index (κ1) is 19.4. The van der Waals surface area contributed by atoms with Crippen molar-refractivity contribution in [3.8, 4) is 5.75 Å². The molecule has 1 saturated carbocycles. The molecule has 0 heterocycles. The highest BCUT2D eigenvalue weighted by Gasteiger charge is 2.50. The van der Waals surface area contributed by atoms with E-state index in [4.69, 9.17) is 9.47 Å². The molecule has 3 aliphatic carbocycles. The number of allylic oxidation sites excluding steroid dienone is 1. The Morgan fingerprint density at radius 1 is 1.27 bits per heavy atom. The van der Waals surface area contributed by atoms with Gasteiger partial charge in [-0.3, -0.25) is 0 Å². The quantitative estimate of drug-likeness (QED) is 0.498. The fourth-order valence-corrected chi connectivity index (χ4v) is 4.31. The summed E-state index contributed by atoms with van der Waals surface area (Å²) < 4.78 is 11.0. The monoisotopic (exact) mass is 359 g/mol. The molecular formula is C22H33NO3. The van der Waals surface area contributed by atoms with Crippen LogP contribution in [-0.2, 0) is 11.2 Å². The Morgan fingerprint density at radius 3 is 2.69 bits per heavy atom. The summed E-state index contributed by atoms with van der Waals surface area (Å²) in [7, 11) is 1.68. The summed E-state index contributed by atoms with van der Waals surface area (Å²) in [5.41, 5.74) is 3.14. The second kappa shape index (κ2) is 8.55. The van der Waals surface area contributed by atoms with E-state index in [2.05, 4.69) is 37.4 Å². The number of hydrogen-bond donors (Lipinski definition) is 2. The van der Waals surface area contributed by atoms with Crippen molar-refractivity contribution in [1.82, 2.24) is 5.32 Å². The zero-order valence-electron chi connectivity index (χ0n) is 16.3. The van der Waals surface area contributed by atoms with E-state index < -0.39 is 6.10 Å². The lowest BCUT2D eigenvalue weighted by molar-refractivity contribution is -0.0235. The summed E-state index contributed by atoms with van der Waals surface area (Å²) in [5.74, 6) is 2.42. The Balaban J connectivity index is 1.27. The van der Waals surface area contributed by atoms with Crippen LogP contribution in [0.3, 0.4) is 0 Å². The van der Waals surface area contributed by atoms with Crippen molar-refractivity contribution in [3.63, 3.8) is 0 Å². The number of aliphatic hydroxyl groups excluding tert-OH is 1. The van der Waals surface area contributed by atoms with Gasteiger partial charge in [0.25, 0.3) is 0 Å². The van der Waals surface area contributed by atoms with E-state index in [0.717, 1.165) is 24.6 Å². The van der Waals surface area contributed by atoms with E-state index in [1.807, 2.05) is 12.1 Å². The smallest absolute Gasteiger partial charge is 0.118 e. The molecule has 1 aromatic rings. The van der Waals surface area contributed by atoms with Crippen LogP contribution in [0.2, 0.25) is 0 Å². The van der Waals surface area contributed by atoms with E-state index in [1.54, 1.807) is 7.11 Å². The molecule has 1 fully saturated rings. The van der Waals surface area contributed by atoms with Crippen LogP contribution in [0.1, 0.15) is 32.3 Å². The van der Waals surface area contributed by atoms with Crippen molar-refractivity contribution in [1.29, 1.82) is 0 Å². The molecule has 0 aliphatic heterocycles. The molecule has 144 valence electrons. The zero-order chi connectivity index (χ0) is 18.6. The van der Waals surface area contributed by atoms with Gasteiger partial charge in [0.2, 0.25) is 0 Å². The van der Waals surface area contributed by atoms with Crippen LogP contribution in [0.5, 0.6) is 5.75 Å². The number of methoxy groups -OCH3 is 1. The summed E-state index contributed by atoms with van der Waals surface area (Å²) in [6.07, 6.45) is 5.35. The number of hydrogen-bond acceptors (Lipinski definition) is 4. The van der Waals surface area contributed by atoms with Gasteiger partial charge in [0.05, 0.1) is 26.4 Å². The summed E-state index contributed by atoms with van der Waals surface area (Å²) in [6.45, 7) is 7.21. The first-order chi connectivity index (χ1) is 12.5. The SMILES string of the molecule is COc1ccc(CCNC[C@H](O)COCC2=CC[C@H]3C[C@@H]2C3(C)C)cc1. The van der Waals surface area contributed by atoms with Crippen LogP contribution >= 0.6 is 0 Å². The van der Waals surface area contributed by atoms with Gasteiger partial charge in [-0.2, -0.15) is 0 Å². The summed E-state index contributed by atoms with van der Waals surface area (Å²) in [4.78, 5) is 0. The minimum absolute atomic E-state index is 0.392. The molecule has 0 aromatic heterocycles. The molecule has 4 nitrogen and oxygen atoms in total. The van der Waals surface area contributed by atoms with Gasteiger partial charge in [0.1, 0.15) is 5.75 Å². The average Bonchev–Trinajstić information content (AvgIpc) is 2.65. The molecule has 26 heavy (non-hydrogen) atoms. The normalized spacial score (nSPS) is 24.5. The minimum Gasteiger partial charge on any atom is -0.497 e. The maximum Gasteiger partial charge on any atom is 0.118 e. The van der Waals surface area contributed by atoms with Crippen LogP contribution < -0.4 is 10.1 Å².